The number of rotatable bonds is 3. The number of aliphatic carboxylic acids is 1. The Morgan fingerprint density at radius 3 is 2.33 bits per heavy atom. The maximum absolute atomic E-state index is 12.6. The fourth-order valence-corrected chi connectivity index (χ4v) is 1.37. The second-order valence-corrected chi connectivity index (χ2v) is 3.48. The van der Waals surface area contributed by atoms with Gasteiger partial charge in [0.05, 0.1) is 24.7 Å². The highest BCUT2D eigenvalue weighted by Crippen LogP contribution is 2.31. The van der Waals surface area contributed by atoms with E-state index in [1.54, 1.807) is 0 Å². The van der Waals surface area contributed by atoms with Gasteiger partial charge >= 0.3 is 18.1 Å². The van der Waals surface area contributed by atoms with Crippen molar-refractivity contribution in [2.45, 2.75) is 12.6 Å². The van der Waals surface area contributed by atoms with Crippen LogP contribution in [0.2, 0.25) is 0 Å². The molecule has 1 aromatic rings. The van der Waals surface area contributed by atoms with Gasteiger partial charge in [-0.2, -0.15) is 13.2 Å². The lowest BCUT2D eigenvalue weighted by Gasteiger charge is -2.10. The number of carboxylic acids is 1. The van der Waals surface area contributed by atoms with Crippen molar-refractivity contribution in [1.29, 1.82) is 0 Å². The van der Waals surface area contributed by atoms with Crippen molar-refractivity contribution in [2.75, 3.05) is 7.11 Å². The van der Waals surface area contributed by atoms with Crippen molar-refractivity contribution in [3.8, 4) is 0 Å². The summed E-state index contributed by atoms with van der Waals surface area (Å²) in [6.45, 7) is 0. The number of alkyl halides is 3. The highest BCUT2D eigenvalue weighted by molar-refractivity contribution is 5.90. The number of methoxy groups -OCH3 is 1. The zero-order valence-corrected chi connectivity index (χ0v) is 9.25. The van der Waals surface area contributed by atoms with E-state index in [2.05, 4.69) is 4.74 Å². The third-order valence-corrected chi connectivity index (χ3v) is 2.10. The third kappa shape index (κ3) is 3.47. The Kier molecular flexibility index (Phi) is 3.95. The van der Waals surface area contributed by atoms with Gasteiger partial charge in [-0.15, -0.1) is 0 Å². The highest BCUT2D eigenvalue weighted by Gasteiger charge is 2.32. The minimum absolute atomic E-state index is 0.113. The minimum Gasteiger partial charge on any atom is -0.481 e. The fourth-order valence-electron chi connectivity index (χ4n) is 1.37. The molecular weight excluding hydrogens is 253 g/mol. The quantitative estimate of drug-likeness (QED) is 0.847. The van der Waals surface area contributed by atoms with Crippen molar-refractivity contribution in [3.63, 3.8) is 0 Å². The monoisotopic (exact) mass is 262 g/mol. The van der Waals surface area contributed by atoms with E-state index in [-0.39, 0.29) is 11.1 Å². The first-order valence-electron chi connectivity index (χ1n) is 4.75. The first-order chi connectivity index (χ1) is 8.24. The lowest BCUT2D eigenvalue weighted by molar-refractivity contribution is -0.138. The molecule has 4 nitrogen and oxygen atoms in total. The summed E-state index contributed by atoms with van der Waals surface area (Å²) < 4.78 is 42.0. The Balaban J connectivity index is 3.28. The molecule has 98 valence electrons. The van der Waals surface area contributed by atoms with Crippen LogP contribution in [0.4, 0.5) is 13.2 Å². The molecule has 0 aromatic heterocycles. The van der Waals surface area contributed by atoms with E-state index in [1.165, 1.54) is 0 Å². The molecule has 0 spiro atoms. The number of esters is 1. The van der Waals surface area contributed by atoms with Gasteiger partial charge < -0.3 is 9.84 Å². The van der Waals surface area contributed by atoms with E-state index in [4.69, 9.17) is 5.11 Å². The topological polar surface area (TPSA) is 63.6 Å². The predicted octanol–water partition coefficient (Wildman–Crippen LogP) is 2.12. The fraction of sp³-hybridized carbons (Fsp3) is 0.273. The Hall–Kier alpha value is -2.05. The van der Waals surface area contributed by atoms with E-state index in [0.717, 1.165) is 13.2 Å². The van der Waals surface area contributed by atoms with E-state index in [9.17, 15) is 22.8 Å². The maximum atomic E-state index is 12.6. The van der Waals surface area contributed by atoms with Crippen LogP contribution in [0.15, 0.2) is 18.2 Å². The van der Waals surface area contributed by atoms with Gasteiger partial charge in [0.15, 0.2) is 0 Å². The molecule has 0 aliphatic rings. The van der Waals surface area contributed by atoms with Gasteiger partial charge in [0.1, 0.15) is 0 Å². The lowest BCUT2D eigenvalue weighted by Crippen LogP contribution is -2.11. The number of carbonyl (C=O) groups is 2. The van der Waals surface area contributed by atoms with Crippen LogP contribution in [0.1, 0.15) is 21.5 Å². The summed E-state index contributed by atoms with van der Waals surface area (Å²) >= 11 is 0. The summed E-state index contributed by atoms with van der Waals surface area (Å²) in [5.74, 6) is -2.24. The zero-order chi connectivity index (χ0) is 13.9. The van der Waals surface area contributed by atoms with E-state index < -0.39 is 30.1 Å². The van der Waals surface area contributed by atoms with Crippen molar-refractivity contribution < 1.29 is 32.6 Å². The first-order valence-corrected chi connectivity index (χ1v) is 4.75. The van der Waals surface area contributed by atoms with Gasteiger partial charge in [-0.1, -0.05) is 0 Å². The van der Waals surface area contributed by atoms with Gasteiger partial charge in [0.2, 0.25) is 0 Å². The zero-order valence-electron chi connectivity index (χ0n) is 9.25. The van der Waals surface area contributed by atoms with Crippen LogP contribution >= 0.6 is 0 Å². The van der Waals surface area contributed by atoms with Gasteiger partial charge in [0, 0.05) is 0 Å². The molecule has 7 heteroatoms. The molecule has 0 bridgehead atoms. The molecule has 1 rings (SSSR count). The maximum Gasteiger partial charge on any atom is 0.416 e. The lowest BCUT2D eigenvalue weighted by atomic mass is 10.0. The number of carboxylic acid groups (broad SMARTS) is 1. The molecule has 0 aliphatic carbocycles. The van der Waals surface area contributed by atoms with Crippen LogP contribution < -0.4 is 0 Å². The average Bonchev–Trinajstić information content (AvgIpc) is 2.25. The largest absolute Gasteiger partial charge is 0.481 e. The molecule has 0 heterocycles. The smallest absolute Gasteiger partial charge is 0.416 e. The molecular formula is C11H9F3O4. The molecule has 0 saturated carbocycles. The summed E-state index contributed by atoms with van der Waals surface area (Å²) in [5, 5.41) is 8.55. The van der Waals surface area contributed by atoms with Crippen LogP contribution in [0.3, 0.4) is 0 Å². The predicted molar refractivity (Wildman–Crippen MR) is 54.1 cm³/mol. The minimum atomic E-state index is -4.66. The van der Waals surface area contributed by atoms with Crippen LogP contribution in [0, 0.1) is 0 Å². The number of carbonyl (C=O) groups excluding carboxylic acids is 1. The molecule has 0 radical (unpaired) electrons. The summed E-state index contributed by atoms with van der Waals surface area (Å²) in [4.78, 5) is 21.7. The SMILES string of the molecule is COC(=O)c1cc(CC(=O)O)cc(C(F)(F)F)c1. The molecule has 0 fully saturated rings. The van der Waals surface area contributed by atoms with E-state index >= 15 is 0 Å². The number of halogens is 3. The molecule has 0 saturated heterocycles. The van der Waals surface area contributed by atoms with Crippen LogP contribution in [-0.4, -0.2) is 24.2 Å². The number of benzene rings is 1. The van der Waals surface area contributed by atoms with E-state index in [0.29, 0.717) is 12.1 Å². The van der Waals surface area contributed by atoms with Gasteiger partial charge in [0.25, 0.3) is 0 Å². The summed E-state index contributed by atoms with van der Waals surface area (Å²) in [6.07, 6.45) is -5.26. The molecule has 0 atom stereocenters. The van der Waals surface area contributed by atoms with Crippen molar-refractivity contribution in [1.82, 2.24) is 0 Å². The normalized spacial score (nSPS) is 11.1. The second kappa shape index (κ2) is 5.07. The standard InChI is InChI=1S/C11H9F3O4/c1-18-10(17)7-2-6(4-9(15)16)3-8(5-7)11(12,13)14/h2-3,5H,4H2,1H3,(H,15,16). The first kappa shape index (κ1) is 14.0. The number of hydrogen-bond acceptors (Lipinski definition) is 3. The molecule has 0 aliphatic heterocycles. The average molecular weight is 262 g/mol. The van der Waals surface area contributed by atoms with E-state index in [1.807, 2.05) is 0 Å². The molecule has 1 N–H and O–H groups in total. The number of ether oxygens (including phenoxy) is 1. The van der Waals surface area contributed by atoms with Crippen molar-refractivity contribution >= 4 is 11.9 Å². The second-order valence-electron chi connectivity index (χ2n) is 3.48. The summed E-state index contributed by atoms with van der Waals surface area (Å²) in [5.41, 5.74) is -1.53. The Morgan fingerprint density at radius 1 is 1.28 bits per heavy atom. The van der Waals surface area contributed by atoms with Crippen LogP contribution in [-0.2, 0) is 22.1 Å². The van der Waals surface area contributed by atoms with Gasteiger partial charge in [-0.25, -0.2) is 4.79 Å². The highest BCUT2D eigenvalue weighted by atomic mass is 19.4. The van der Waals surface area contributed by atoms with Gasteiger partial charge in [-0.05, 0) is 23.8 Å². The summed E-state index contributed by atoms with van der Waals surface area (Å²) in [6, 6.07) is 2.38. The third-order valence-electron chi connectivity index (χ3n) is 2.10. The number of hydrogen-bond donors (Lipinski definition) is 1. The van der Waals surface area contributed by atoms with Crippen molar-refractivity contribution in [2.24, 2.45) is 0 Å². The Morgan fingerprint density at radius 2 is 1.89 bits per heavy atom. The van der Waals surface area contributed by atoms with Crippen LogP contribution in [0.25, 0.3) is 0 Å². The van der Waals surface area contributed by atoms with Gasteiger partial charge in [-0.3, -0.25) is 4.79 Å². The summed E-state index contributed by atoms with van der Waals surface area (Å²) in [7, 11) is 1.03. The molecule has 0 unspecified atom stereocenters. The molecule has 18 heavy (non-hydrogen) atoms. The molecule has 0 amide bonds. The Labute approximate surface area is 100.0 Å². The van der Waals surface area contributed by atoms with Crippen LogP contribution in [0.5, 0.6) is 0 Å². The Bertz CT molecular complexity index is 480. The van der Waals surface area contributed by atoms with Crippen molar-refractivity contribution in [3.05, 3.63) is 34.9 Å². The molecule has 1 aromatic carbocycles.